The Morgan fingerprint density at radius 1 is 1.26 bits per heavy atom. The van der Waals surface area contributed by atoms with Gasteiger partial charge in [0.25, 0.3) is 0 Å². The Labute approximate surface area is 161 Å². The lowest BCUT2D eigenvalue weighted by atomic mass is 10.2. The van der Waals surface area contributed by atoms with Gasteiger partial charge in [-0.3, -0.25) is 14.5 Å². The summed E-state index contributed by atoms with van der Waals surface area (Å²) in [6, 6.07) is 14.0. The molecule has 0 aliphatic carbocycles. The zero-order valence-electron chi connectivity index (χ0n) is 15.0. The molecule has 2 heterocycles. The molecule has 7 heteroatoms. The normalized spacial score (nSPS) is 14.9. The van der Waals surface area contributed by atoms with Crippen LogP contribution in [0.5, 0.6) is 0 Å². The Kier molecular flexibility index (Phi) is 4.87. The molecule has 0 bridgehead atoms. The van der Waals surface area contributed by atoms with Crippen molar-refractivity contribution in [2.75, 3.05) is 31.5 Å². The lowest BCUT2D eigenvalue weighted by molar-refractivity contribution is -0.125. The molecule has 27 heavy (non-hydrogen) atoms. The molecule has 138 valence electrons. The molecule has 2 N–H and O–H groups in total. The number of carbonyl (C=O) groups excluding carboxylic acids is 2. The molecule has 0 saturated carbocycles. The topological polar surface area (TPSA) is 74.3 Å². The Morgan fingerprint density at radius 2 is 2.07 bits per heavy atom. The molecule has 3 aromatic rings. The number of rotatable bonds is 4. The lowest BCUT2D eigenvalue weighted by Gasteiger charge is -2.25. The maximum atomic E-state index is 12.2. The van der Waals surface area contributed by atoms with E-state index < -0.39 is 0 Å². The largest absolute Gasteiger partial charge is 0.354 e. The average Bonchev–Trinajstić information content (AvgIpc) is 3.05. The van der Waals surface area contributed by atoms with Gasteiger partial charge in [0.15, 0.2) is 0 Å². The molecule has 1 aliphatic heterocycles. The molecule has 2 amide bonds. The summed E-state index contributed by atoms with van der Waals surface area (Å²) in [6.07, 6.45) is 0. The fraction of sp³-hybridized carbons (Fsp3) is 0.250. The van der Waals surface area contributed by atoms with Gasteiger partial charge in [-0.2, -0.15) is 0 Å². The number of fused-ring (bicyclic) bond motifs is 1. The molecule has 1 aromatic heterocycles. The first-order valence-electron chi connectivity index (χ1n) is 8.83. The fourth-order valence-corrected chi connectivity index (χ4v) is 4.15. The lowest BCUT2D eigenvalue weighted by Crippen LogP contribution is -2.49. The van der Waals surface area contributed by atoms with Crippen molar-refractivity contribution in [1.29, 1.82) is 0 Å². The Morgan fingerprint density at radius 3 is 2.85 bits per heavy atom. The van der Waals surface area contributed by atoms with Gasteiger partial charge in [-0.15, -0.1) is 11.3 Å². The first kappa shape index (κ1) is 17.6. The number of benzene rings is 2. The SMILES string of the molecule is Cc1ccc2nc(-c3ccc(NC(=O)CN4CCNC(=O)C4)cc3)sc2c1. The Hall–Kier alpha value is -2.77. The molecule has 6 nitrogen and oxygen atoms in total. The number of hydrogen-bond donors (Lipinski definition) is 2. The van der Waals surface area contributed by atoms with Crippen LogP contribution >= 0.6 is 11.3 Å². The van der Waals surface area contributed by atoms with E-state index in [9.17, 15) is 9.59 Å². The highest BCUT2D eigenvalue weighted by Gasteiger charge is 2.18. The summed E-state index contributed by atoms with van der Waals surface area (Å²) in [5, 5.41) is 6.61. The van der Waals surface area contributed by atoms with Crippen molar-refractivity contribution in [3.8, 4) is 10.6 Å². The number of nitrogens with zero attached hydrogens (tertiary/aromatic N) is 2. The average molecular weight is 380 g/mol. The number of aryl methyl sites for hydroxylation is 1. The summed E-state index contributed by atoms with van der Waals surface area (Å²) in [5.41, 5.74) is 3.99. The summed E-state index contributed by atoms with van der Waals surface area (Å²) in [4.78, 5) is 30.1. The van der Waals surface area contributed by atoms with Crippen molar-refractivity contribution in [2.24, 2.45) is 0 Å². The van der Waals surface area contributed by atoms with Gasteiger partial charge in [-0.1, -0.05) is 6.07 Å². The molecule has 0 atom stereocenters. The molecular weight excluding hydrogens is 360 g/mol. The minimum atomic E-state index is -0.118. The van der Waals surface area contributed by atoms with Gasteiger partial charge in [0.05, 0.1) is 23.3 Å². The van der Waals surface area contributed by atoms with Gasteiger partial charge >= 0.3 is 0 Å². The quantitative estimate of drug-likeness (QED) is 0.730. The second-order valence-corrected chi connectivity index (χ2v) is 7.71. The number of amides is 2. The smallest absolute Gasteiger partial charge is 0.238 e. The Bertz CT molecular complexity index is 997. The minimum Gasteiger partial charge on any atom is -0.354 e. The second-order valence-electron chi connectivity index (χ2n) is 6.68. The Balaban J connectivity index is 1.42. The highest BCUT2D eigenvalue weighted by Crippen LogP contribution is 2.31. The van der Waals surface area contributed by atoms with Crippen molar-refractivity contribution < 1.29 is 9.59 Å². The standard InChI is InChI=1S/C20H20N4O2S/c1-13-2-7-16-17(10-13)27-20(23-16)14-3-5-15(6-4-14)22-19(26)12-24-9-8-21-18(25)11-24/h2-7,10H,8-9,11-12H2,1H3,(H,21,25)(H,22,26). The summed E-state index contributed by atoms with van der Waals surface area (Å²) < 4.78 is 1.17. The number of thiazole rings is 1. The van der Waals surface area contributed by atoms with Crippen LogP contribution in [0, 0.1) is 6.92 Å². The zero-order valence-corrected chi connectivity index (χ0v) is 15.8. The van der Waals surface area contributed by atoms with Gasteiger partial charge in [0, 0.05) is 24.3 Å². The van der Waals surface area contributed by atoms with Gasteiger partial charge in [-0.05, 0) is 48.9 Å². The van der Waals surface area contributed by atoms with Crippen LogP contribution in [0.1, 0.15) is 5.56 Å². The van der Waals surface area contributed by atoms with Crippen LogP contribution in [-0.2, 0) is 9.59 Å². The van der Waals surface area contributed by atoms with Gasteiger partial charge in [-0.25, -0.2) is 4.98 Å². The first-order valence-corrected chi connectivity index (χ1v) is 9.65. The maximum absolute atomic E-state index is 12.2. The third-order valence-corrected chi connectivity index (χ3v) is 5.51. The van der Waals surface area contributed by atoms with Crippen LogP contribution in [0.15, 0.2) is 42.5 Å². The molecule has 0 unspecified atom stereocenters. The number of nitrogens with one attached hydrogen (secondary N) is 2. The van der Waals surface area contributed by atoms with Crippen molar-refractivity contribution in [2.45, 2.75) is 6.92 Å². The van der Waals surface area contributed by atoms with Crippen LogP contribution in [0.4, 0.5) is 5.69 Å². The van der Waals surface area contributed by atoms with E-state index in [4.69, 9.17) is 0 Å². The third-order valence-electron chi connectivity index (χ3n) is 4.44. The third kappa shape index (κ3) is 4.15. The number of hydrogen-bond acceptors (Lipinski definition) is 5. The van der Waals surface area contributed by atoms with E-state index in [-0.39, 0.29) is 24.9 Å². The van der Waals surface area contributed by atoms with E-state index >= 15 is 0 Å². The van der Waals surface area contributed by atoms with Crippen LogP contribution in [0.2, 0.25) is 0 Å². The highest BCUT2D eigenvalue weighted by atomic mass is 32.1. The van der Waals surface area contributed by atoms with Crippen LogP contribution < -0.4 is 10.6 Å². The summed E-state index contributed by atoms with van der Waals surface area (Å²) in [6.45, 7) is 3.83. The molecule has 0 spiro atoms. The summed E-state index contributed by atoms with van der Waals surface area (Å²) in [5.74, 6) is -0.155. The molecule has 2 aromatic carbocycles. The van der Waals surface area contributed by atoms with Gasteiger partial charge < -0.3 is 10.6 Å². The van der Waals surface area contributed by atoms with E-state index in [1.807, 2.05) is 35.2 Å². The molecule has 1 aliphatic rings. The molecular formula is C20H20N4O2S. The van der Waals surface area contributed by atoms with Crippen molar-refractivity contribution in [3.05, 3.63) is 48.0 Å². The van der Waals surface area contributed by atoms with Gasteiger partial charge in [0.2, 0.25) is 11.8 Å². The molecule has 4 rings (SSSR count). The highest BCUT2D eigenvalue weighted by molar-refractivity contribution is 7.21. The fourth-order valence-electron chi connectivity index (χ4n) is 3.08. The van der Waals surface area contributed by atoms with E-state index in [0.29, 0.717) is 13.1 Å². The van der Waals surface area contributed by atoms with Gasteiger partial charge in [0.1, 0.15) is 5.01 Å². The van der Waals surface area contributed by atoms with Crippen LogP contribution in [0.3, 0.4) is 0 Å². The van der Waals surface area contributed by atoms with Crippen LogP contribution in [0.25, 0.3) is 20.8 Å². The summed E-state index contributed by atoms with van der Waals surface area (Å²) in [7, 11) is 0. The number of carbonyl (C=O) groups is 2. The maximum Gasteiger partial charge on any atom is 0.238 e. The first-order chi connectivity index (χ1) is 13.1. The number of aromatic nitrogens is 1. The molecule has 1 fully saturated rings. The van der Waals surface area contributed by atoms with Crippen molar-refractivity contribution in [3.63, 3.8) is 0 Å². The van der Waals surface area contributed by atoms with Crippen molar-refractivity contribution >= 4 is 39.1 Å². The predicted molar refractivity (Wildman–Crippen MR) is 108 cm³/mol. The molecule has 0 radical (unpaired) electrons. The predicted octanol–water partition coefficient (Wildman–Crippen LogP) is 2.64. The van der Waals surface area contributed by atoms with Crippen molar-refractivity contribution in [1.82, 2.24) is 15.2 Å². The molecule has 1 saturated heterocycles. The second kappa shape index (κ2) is 7.46. The number of piperazine rings is 1. The van der Waals surface area contributed by atoms with Crippen LogP contribution in [-0.4, -0.2) is 47.9 Å². The van der Waals surface area contributed by atoms with E-state index in [0.717, 1.165) is 21.8 Å². The number of anilines is 1. The minimum absolute atomic E-state index is 0.0376. The zero-order chi connectivity index (χ0) is 18.8. The van der Waals surface area contributed by atoms with E-state index in [1.54, 1.807) is 11.3 Å². The summed E-state index contributed by atoms with van der Waals surface area (Å²) >= 11 is 1.66. The van der Waals surface area contributed by atoms with E-state index in [2.05, 4.69) is 34.7 Å². The van der Waals surface area contributed by atoms with E-state index in [1.165, 1.54) is 10.3 Å². The monoisotopic (exact) mass is 380 g/mol.